The molecule has 4 rings (SSSR count). The standard InChI is InChI=1S/C22H27N3O2S/c1-16-3-2-10-25(15-16)19-7-4-17(5-8-19)14-23-22(28)24-18-6-9-20-21(13-18)27-12-11-26-20/h4-9,13,16H,2-3,10-12,14-15H2,1H3,(H2,23,24,28)/t16-/m1/s1. The molecule has 0 amide bonds. The number of thiocarbonyl (C=S) groups is 1. The van der Waals surface area contributed by atoms with Crippen molar-refractivity contribution in [1.82, 2.24) is 5.32 Å². The Balaban J connectivity index is 1.28. The van der Waals surface area contributed by atoms with E-state index in [0.29, 0.717) is 24.9 Å². The maximum atomic E-state index is 5.61. The first-order valence-electron chi connectivity index (χ1n) is 9.96. The number of benzene rings is 2. The van der Waals surface area contributed by atoms with Crippen molar-refractivity contribution in [3.63, 3.8) is 0 Å². The molecule has 1 fully saturated rings. The summed E-state index contributed by atoms with van der Waals surface area (Å²) in [7, 11) is 0. The van der Waals surface area contributed by atoms with Crippen LogP contribution in [-0.4, -0.2) is 31.4 Å². The third-order valence-corrected chi connectivity index (χ3v) is 5.46. The van der Waals surface area contributed by atoms with Crippen LogP contribution in [0.25, 0.3) is 0 Å². The van der Waals surface area contributed by atoms with E-state index < -0.39 is 0 Å². The second kappa shape index (κ2) is 8.69. The highest BCUT2D eigenvalue weighted by Gasteiger charge is 2.16. The van der Waals surface area contributed by atoms with Crippen molar-refractivity contribution < 1.29 is 9.47 Å². The molecule has 2 aliphatic rings. The quantitative estimate of drug-likeness (QED) is 0.755. The van der Waals surface area contributed by atoms with Crippen LogP contribution in [0.1, 0.15) is 25.3 Å². The van der Waals surface area contributed by atoms with E-state index in [2.05, 4.69) is 46.7 Å². The van der Waals surface area contributed by atoms with Gasteiger partial charge < -0.3 is 25.0 Å². The topological polar surface area (TPSA) is 45.8 Å². The van der Waals surface area contributed by atoms with Crippen LogP contribution in [0.4, 0.5) is 11.4 Å². The summed E-state index contributed by atoms with van der Waals surface area (Å²) < 4.78 is 11.2. The SMILES string of the molecule is C[C@@H]1CCCN(c2ccc(CNC(=S)Nc3ccc4c(c3)OCCO4)cc2)C1. The smallest absolute Gasteiger partial charge is 0.171 e. The zero-order valence-corrected chi connectivity index (χ0v) is 17.1. The fourth-order valence-electron chi connectivity index (χ4n) is 3.73. The molecule has 2 aromatic rings. The van der Waals surface area contributed by atoms with Crippen molar-refractivity contribution in [2.75, 3.05) is 36.5 Å². The fourth-order valence-corrected chi connectivity index (χ4v) is 3.92. The first kappa shape index (κ1) is 18.9. The Hall–Kier alpha value is -2.47. The zero-order chi connectivity index (χ0) is 19.3. The van der Waals surface area contributed by atoms with Crippen LogP contribution in [0.2, 0.25) is 0 Å². The molecule has 0 aromatic heterocycles. The normalized spacial score (nSPS) is 18.5. The monoisotopic (exact) mass is 397 g/mol. The van der Waals surface area contributed by atoms with Gasteiger partial charge in [-0.15, -0.1) is 0 Å². The molecule has 28 heavy (non-hydrogen) atoms. The van der Waals surface area contributed by atoms with Gasteiger partial charge in [0.25, 0.3) is 0 Å². The molecule has 1 atom stereocenters. The summed E-state index contributed by atoms with van der Waals surface area (Å²) in [6.07, 6.45) is 2.62. The molecule has 0 bridgehead atoms. The molecule has 0 unspecified atom stereocenters. The number of nitrogens with zero attached hydrogens (tertiary/aromatic N) is 1. The van der Waals surface area contributed by atoms with Gasteiger partial charge in [-0.2, -0.15) is 0 Å². The number of hydrogen-bond donors (Lipinski definition) is 2. The number of ether oxygens (including phenoxy) is 2. The lowest BCUT2D eigenvalue weighted by atomic mass is 9.99. The predicted octanol–water partition coefficient (Wildman–Crippen LogP) is 4.18. The maximum Gasteiger partial charge on any atom is 0.171 e. The lowest BCUT2D eigenvalue weighted by molar-refractivity contribution is 0.171. The van der Waals surface area contributed by atoms with E-state index in [4.69, 9.17) is 21.7 Å². The second-order valence-corrected chi connectivity index (χ2v) is 7.93. The number of rotatable bonds is 4. The Morgan fingerprint density at radius 3 is 2.68 bits per heavy atom. The van der Waals surface area contributed by atoms with Gasteiger partial charge in [0.1, 0.15) is 13.2 Å². The second-order valence-electron chi connectivity index (χ2n) is 7.53. The lowest BCUT2D eigenvalue weighted by Gasteiger charge is -2.32. The van der Waals surface area contributed by atoms with E-state index in [1.54, 1.807) is 0 Å². The van der Waals surface area contributed by atoms with E-state index in [1.165, 1.54) is 24.1 Å². The van der Waals surface area contributed by atoms with Crippen LogP contribution in [0.15, 0.2) is 42.5 Å². The summed E-state index contributed by atoms with van der Waals surface area (Å²) in [6, 6.07) is 14.5. The van der Waals surface area contributed by atoms with Gasteiger partial charge in [0.2, 0.25) is 0 Å². The molecule has 2 aromatic carbocycles. The van der Waals surface area contributed by atoms with Gasteiger partial charge in [-0.1, -0.05) is 19.1 Å². The molecule has 2 N–H and O–H groups in total. The van der Waals surface area contributed by atoms with E-state index in [1.807, 2.05) is 18.2 Å². The average Bonchev–Trinajstić information content (AvgIpc) is 2.72. The minimum absolute atomic E-state index is 0.575. The average molecular weight is 398 g/mol. The molecular weight excluding hydrogens is 370 g/mol. The summed E-state index contributed by atoms with van der Waals surface area (Å²) >= 11 is 5.43. The first-order chi connectivity index (χ1) is 13.7. The predicted molar refractivity (Wildman–Crippen MR) is 118 cm³/mol. The Labute approximate surface area is 172 Å². The van der Waals surface area contributed by atoms with Gasteiger partial charge >= 0.3 is 0 Å². The van der Waals surface area contributed by atoms with Crippen molar-refractivity contribution in [3.8, 4) is 11.5 Å². The van der Waals surface area contributed by atoms with Crippen molar-refractivity contribution in [2.45, 2.75) is 26.3 Å². The molecule has 2 heterocycles. The lowest BCUT2D eigenvalue weighted by Crippen LogP contribution is -2.34. The van der Waals surface area contributed by atoms with Crippen LogP contribution in [0.5, 0.6) is 11.5 Å². The molecule has 0 spiro atoms. The Kier molecular flexibility index (Phi) is 5.86. The summed E-state index contributed by atoms with van der Waals surface area (Å²) in [4.78, 5) is 2.49. The van der Waals surface area contributed by atoms with Gasteiger partial charge in [0, 0.05) is 37.1 Å². The Morgan fingerprint density at radius 2 is 1.89 bits per heavy atom. The summed E-state index contributed by atoms with van der Waals surface area (Å²) in [5.41, 5.74) is 3.41. The number of hydrogen-bond acceptors (Lipinski definition) is 4. The zero-order valence-electron chi connectivity index (χ0n) is 16.2. The number of nitrogens with one attached hydrogen (secondary N) is 2. The van der Waals surface area contributed by atoms with E-state index in [-0.39, 0.29) is 0 Å². The van der Waals surface area contributed by atoms with Gasteiger partial charge in [-0.05, 0) is 60.8 Å². The van der Waals surface area contributed by atoms with Gasteiger partial charge in [0.15, 0.2) is 16.6 Å². The Morgan fingerprint density at radius 1 is 1.11 bits per heavy atom. The molecular formula is C22H27N3O2S. The number of anilines is 2. The highest BCUT2D eigenvalue weighted by Crippen LogP contribution is 2.32. The molecule has 0 aliphatic carbocycles. The summed E-state index contributed by atoms with van der Waals surface area (Å²) in [5.74, 6) is 2.31. The van der Waals surface area contributed by atoms with Crippen molar-refractivity contribution in [2.24, 2.45) is 5.92 Å². The highest BCUT2D eigenvalue weighted by molar-refractivity contribution is 7.80. The van der Waals surface area contributed by atoms with Crippen LogP contribution in [-0.2, 0) is 6.54 Å². The molecule has 6 heteroatoms. The Bertz CT molecular complexity index is 825. The minimum Gasteiger partial charge on any atom is -0.486 e. The molecule has 148 valence electrons. The molecule has 0 radical (unpaired) electrons. The molecule has 1 saturated heterocycles. The third-order valence-electron chi connectivity index (χ3n) is 5.21. The van der Waals surface area contributed by atoms with Crippen LogP contribution in [0, 0.1) is 5.92 Å². The number of piperidine rings is 1. The van der Waals surface area contributed by atoms with Crippen molar-refractivity contribution >= 4 is 28.7 Å². The van der Waals surface area contributed by atoms with E-state index in [0.717, 1.165) is 36.2 Å². The molecule has 5 nitrogen and oxygen atoms in total. The van der Waals surface area contributed by atoms with Crippen LogP contribution >= 0.6 is 12.2 Å². The first-order valence-corrected chi connectivity index (χ1v) is 10.4. The van der Waals surface area contributed by atoms with E-state index >= 15 is 0 Å². The van der Waals surface area contributed by atoms with Crippen molar-refractivity contribution in [3.05, 3.63) is 48.0 Å². The molecule has 2 aliphatic heterocycles. The highest BCUT2D eigenvalue weighted by atomic mass is 32.1. The summed E-state index contributed by atoms with van der Waals surface area (Å²) in [6.45, 7) is 6.50. The van der Waals surface area contributed by atoms with Crippen molar-refractivity contribution in [1.29, 1.82) is 0 Å². The largest absolute Gasteiger partial charge is 0.486 e. The minimum atomic E-state index is 0.575. The van der Waals surface area contributed by atoms with Crippen LogP contribution in [0.3, 0.4) is 0 Å². The number of fused-ring (bicyclic) bond motifs is 1. The van der Waals surface area contributed by atoms with E-state index in [9.17, 15) is 0 Å². The third kappa shape index (κ3) is 4.68. The maximum absolute atomic E-state index is 5.61. The van der Waals surface area contributed by atoms with Gasteiger partial charge in [-0.3, -0.25) is 0 Å². The van der Waals surface area contributed by atoms with Crippen LogP contribution < -0.4 is 25.0 Å². The van der Waals surface area contributed by atoms with Gasteiger partial charge in [-0.25, -0.2) is 0 Å². The van der Waals surface area contributed by atoms with Gasteiger partial charge in [0.05, 0.1) is 0 Å². The summed E-state index contributed by atoms with van der Waals surface area (Å²) in [5, 5.41) is 7.06. The molecule has 0 saturated carbocycles. The fraction of sp³-hybridized carbons (Fsp3) is 0.409.